The van der Waals surface area contributed by atoms with Gasteiger partial charge in [-0.15, -0.1) is 0 Å². The number of benzene rings is 1. The predicted octanol–water partition coefficient (Wildman–Crippen LogP) is 3.75. The highest BCUT2D eigenvalue weighted by atomic mass is 16.2. The van der Waals surface area contributed by atoms with Gasteiger partial charge < -0.3 is 10.6 Å². The zero-order chi connectivity index (χ0) is 17.4. The maximum Gasteiger partial charge on any atom is 0.240 e. The number of anilines is 1. The van der Waals surface area contributed by atoms with Crippen LogP contribution < -0.4 is 10.6 Å². The van der Waals surface area contributed by atoms with Crippen LogP contribution in [0.3, 0.4) is 0 Å². The smallest absolute Gasteiger partial charge is 0.240 e. The van der Waals surface area contributed by atoms with Crippen molar-refractivity contribution in [3.63, 3.8) is 0 Å². The van der Waals surface area contributed by atoms with Gasteiger partial charge >= 0.3 is 0 Å². The van der Waals surface area contributed by atoms with E-state index in [0.29, 0.717) is 18.8 Å². The Kier molecular flexibility index (Phi) is 4.56. The molecular weight excluding hydrogens is 288 g/mol. The Labute approximate surface area is 139 Å². The van der Waals surface area contributed by atoms with Gasteiger partial charge in [0.1, 0.15) is 5.41 Å². The van der Waals surface area contributed by atoms with E-state index in [2.05, 4.69) is 24.5 Å². The molecule has 23 heavy (non-hydrogen) atoms. The van der Waals surface area contributed by atoms with E-state index in [9.17, 15) is 9.59 Å². The Balaban J connectivity index is 2.22. The molecular formula is C19H28N2O2. The molecule has 0 saturated heterocycles. The van der Waals surface area contributed by atoms with Crippen molar-refractivity contribution in [2.24, 2.45) is 5.41 Å². The van der Waals surface area contributed by atoms with Crippen LogP contribution in [-0.2, 0) is 9.59 Å². The van der Waals surface area contributed by atoms with E-state index in [1.807, 2.05) is 45.9 Å². The highest BCUT2D eigenvalue weighted by molar-refractivity contribution is 6.13. The van der Waals surface area contributed by atoms with Gasteiger partial charge in [0.15, 0.2) is 0 Å². The second kappa shape index (κ2) is 5.99. The third-order valence-corrected chi connectivity index (χ3v) is 4.27. The molecule has 1 aromatic rings. The molecule has 1 aromatic carbocycles. The molecule has 4 nitrogen and oxygen atoms in total. The van der Waals surface area contributed by atoms with Crippen LogP contribution in [0, 0.1) is 12.3 Å². The first-order chi connectivity index (χ1) is 10.6. The van der Waals surface area contributed by atoms with Crippen LogP contribution in [-0.4, -0.2) is 17.4 Å². The Hall–Kier alpha value is -1.84. The molecule has 0 aromatic heterocycles. The van der Waals surface area contributed by atoms with Gasteiger partial charge in [-0.2, -0.15) is 0 Å². The maximum atomic E-state index is 12.8. The van der Waals surface area contributed by atoms with Gasteiger partial charge in [-0.1, -0.05) is 32.0 Å². The normalized spacial score (nSPS) is 16.1. The van der Waals surface area contributed by atoms with E-state index in [-0.39, 0.29) is 17.4 Å². The minimum absolute atomic E-state index is 0.165. The molecule has 2 N–H and O–H groups in total. The number of aryl methyl sites for hydroxylation is 1. The van der Waals surface area contributed by atoms with Gasteiger partial charge in [0.2, 0.25) is 11.8 Å². The summed E-state index contributed by atoms with van der Waals surface area (Å²) in [7, 11) is 0. The van der Waals surface area contributed by atoms with E-state index in [1.165, 1.54) is 0 Å². The van der Waals surface area contributed by atoms with Crippen LogP contribution in [0.4, 0.5) is 5.69 Å². The molecule has 0 radical (unpaired) electrons. The predicted molar refractivity (Wildman–Crippen MR) is 93.5 cm³/mol. The molecule has 1 aliphatic carbocycles. The Morgan fingerprint density at radius 3 is 2.22 bits per heavy atom. The molecule has 2 rings (SSSR count). The van der Waals surface area contributed by atoms with E-state index >= 15 is 0 Å². The summed E-state index contributed by atoms with van der Waals surface area (Å²) in [6, 6.07) is 6.01. The van der Waals surface area contributed by atoms with E-state index < -0.39 is 5.41 Å². The topological polar surface area (TPSA) is 58.2 Å². The number of hydrogen-bond acceptors (Lipinski definition) is 2. The SMILES string of the molecule is Cc1cccc(C(C)C)c1NC(=O)C1(C(=O)NC(C)(C)C)CC1. The summed E-state index contributed by atoms with van der Waals surface area (Å²) in [5.74, 6) is -0.0404. The monoisotopic (exact) mass is 316 g/mol. The Morgan fingerprint density at radius 1 is 1.13 bits per heavy atom. The summed E-state index contributed by atoms with van der Waals surface area (Å²) in [4.78, 5) is 25.3. The van der Waals surface area contributed by atoms with Crippen molar-refractivity contribution < 1.29 is 9.59 Å². The summed E-state index contributed by atoms with van der Waals surface area (Å²) >= 11 is 0. The lowest BCUT2D eigenvalue weighted by atomic mass is 9.96. The zero-order valence-electron chi connectivity index (χ0n) is 15.0. The van der Waals surface area contributed by atoms with Gasteiger partial charge in [0.05, 0.1) is 0 Å². The molecule has 0 bridgehead atoms. The average Bonchev–Trinajstić information content (AvgIpc) is 3.20. The number of para-hydroxylation sites is 1. The van der Waals surface area contributed by atoms with Crippen LogP contribution in [0.15, 0.2) is 18.2 Å². The number of nitrogens with one attached hydrogen (secondary N) is 2. The van der Waals surface area contributed by atoms with Gasteiger partial charge in [-0.3, -0.25) is 9.59 Å². The number of carbonyl (C=O) groups excluding carboxylic acids is 2. The first kappa shape index (κ1) is 17.5. The molecule has 0 heterocycles. The molecule has 4 heteroatoms. The number of rotatable bonds is 4. The van der Waals surface area contributed by atoms with E-state index in [1.54, 1.807) is 0 Å². The van der Waals surface area contributed by atoms with E-state index in [4.69, 9.17) is 0 Å². The third-order valence-electron chi connectivity index (χ3n) is 4.27. The van der Waals surface area contributed by atoms with Crippen molar-refractivity contribution >= 4 is 17.5 Å². The summed E-state index contributed by atoms with van der Waals surface area (Å²) in [6.07, 6.45) is 1.23. The van der Waals surface area contributed by atoms with Crippen molar-refractivity contribution in [2.75, 3.05) is 5.32 Å². The molecule has 0 unspecified atom stereocenters. The number of amides is 2. The van der Waals surface area contributed by atoms with Gasteiger partial charge in [-0.05, 0) is 57.6 Å². The summed E-state index contributed by atoms with van der Waals surface area (Å²) in [6.45, 7) is 12.0. The van der Waals surface area contributed by atoms with Crippen LogP contribution in [0.5, 0.6) is 0 Å². The van der Waals surface area contributed by atoms with Gasteiger partial charge in [0.25, 0.3) is 0 Å². The van der Waals surface area contributed by atoms with Crippen LogP contribution in [0.2, 0.25) is 0 Å². The largest absolute Gasteiger partial charge is 0.351 e. The second-order valence-corrected chi connectivity index (χ2v) is 7.93. The minimum atomic E-state index is -0.899. The lowest BCUT2D eigenvalue weighted by molar-refractivity contribution is -0.135. The molecule has 0 atom stereocenters. The molecule has 1 aliphatic rings. The molecule has 0 spiro atoms. The van der Waals surface area contributed by atoms with Gasteiger partial charge in [-0.25, -0.2) is 0 Å². The van der Waals surface area contributed by atoms with Crippen molar-refractivity contribution in [1.82, 2.24) is 5.32 Å². The molecule has 0 aliphatic heterocycles. The summed E-state index contributed by atoms with van der Waals surface area (Å²) < 4.78 is 0. The minimum Gasteiger partial charge on any atom is -0.351 e. The lowest BCUT2D eigenvalue weighted by Crippen LogP contribution is -2.48. The highest BCUT2D eigenvalue weighted by Crippen LogP contribution is 2.47. The van der Waals surface area contributed by atoms with Crippen molar-refractivity contribution in [1.29, 1.82) is 0 Å². The van der Waals surface area contributed by atoms with Crippen LogP contribution in [0.1, 0.15) is 64.5 Å². The van der Waals surface area contributed by atoms with Crippen molar-refractivity contribution in [3.8, 4) is 0 Å². The van der Waals surface area contributed by atoms with Crippen molar-refractivity contribution in [3.05, 3.63) is 29.3 Å². The van der Waals surface area contributed by atoms with Crippen LogP contribution >= 0.6 is 0 Å². The molecule has 1 fully saturated rings. The highest BCUT2D eigenvalue weighted by Gasteiger charge is 2.57. The fourth-order valence-electron chi connectivity index (χ4n) is 2.72. The maximum absolute atomic E-state index is 12.8. The lowest BCUT2D eigenvalue weighted by Gasteiger charge is -2.25. The second-order valence-electron chi connectivity index (χ2n) is 7.93. The van der Waals surface area contributed by atoms with Crippen molar-refractivity contribution in [2.45, 2.75) is 65.8 Å². The quantitative estimate of drug-likeness (QED) is 0.831. The molecule has 126 valence electrons. The van der Waals surface area contributed by atoms with E-state index in [0.717, 1.165) is 16.8 Å². The zero-order valence-corrected chi connectivity index (χ0v) is 15.0. The summed E-state index contributed by atoms with van der Waals surface area (Å²) in [5, 5.41) is 5.97. The number of hydrogen-bond donors (Lipinski definition) is 2. The third kappa shape index (κ3) is 3.74. The Bertz CT molecular complexity index is 623. The van der Waals surface area contributed by atoms with Gasteiger partial charge in [0, 0.05) is 11.2 Å². The fourth-order valence-corrected chi connectivity index (χ4v) is 2.72. The average molecular weight is 316 g/mol. The Morgan fingerprint density at radius 2 is 1.74 bits per heavy atom. The first-order valence-electron chi connectivity index (χ1n) is 8.30. The molecule has 2 amide bonds. The molecule has 1 saturated carbocycles. The summed E-state index contributed by atoms with van der Waals surface area (Å²) in [5.41, 5.74) is 1.74. The fraction of sp³-hybridized carbons (Fsp3) is 0.579. The van der Waals surface area contributed by atoms with Crippen LogP contribution in [0.25, 0.3) is 0 Å². The standard InChI is InChI=1S/C19H28N2O2/c1-12(2)14-9-7-8-13(3)15(14)20-16(22)19(10-11-19)17(23)21-18(4,5)6/h7-9,12H,10-11H2,1-6H3,(H,20,22)(H,21,23). The number of carbonyl (C=O) groups is 2. The first-order valence-corrected chi connectivity index (χ1v) is 8.30.